The Labute approximate surface area is 329 Å². The molecule has 0 aliphatic heterocycles. The molecule has 0 atom stereocenters. The van der Waals surface area contributed by atoms with Gasteiger partial charge in [0.1, 0.15) is 0 Å². The van der Waals surface area contributed by atoms with Crippen molar-refractivity contribution in [2.24, 2.45) is 0 Å². The van der Waals surface area contributed by atoms with E-state index in [1.165, 1.54) is 138 Å². The van der Waals surface area contributed by atoms with Crippen molar-refractivity contribution in [3.63, 3.8) is 0 Å². The van der Waals surface area contributed by atoms with Gasteiger partial charge in [-0.15, -0.1) is 0 Å². The van der Waals surface area contributed by atoms with E-state index < -0.39 is 18.4 Å². The maximum absolute atomic E-state index is 2.51. The number of benzene rings is 7. The van der Waals surface area contributed by atoms with Gasteiger partial charge in [0.05, 0.1) is 0 Å². The van der Waals surface area contributed by atoms with Gasteiger partial charge < -0.3 is 0 Å². The van der Waals surface area contributed by atoms with Crippen molar-refractivity contribution in [3.05, 3.63) is 139 Å². The van der Waals surface area contributed by atoms with Crippen molar-refractivity contribution < 1.29 is 0 Å². The van der Waals surface area contributed by atoms with E-state index in [1.807, 2.05) is 3.58 Å². The predicted molar refractivity (Wildman–Crippen MR) is 241 cm³/mol. The second kappa shape index (κ2) is 17.5. The van der Waals surface area contributed by atoms with Gasteiger partial charge in [0.15, 0.2) is 0 Å². The number of hydrogen-bond donors (Lipinski definition) is 0. The molecule has 1 aliphatic carbocycles. The summed E-state index contributed by atoms with van der Waals surface area (Å²) < 4.78 is 6.49. The summed E-state index contributed by atoms with van der Waals surface area (Å²) in [6, 6.07) is 48.8. The van der Waals surface area contributed by atoms with E-state index in [4.69, 9.17) is 0 Å². The summed E-state index contributed by atoms with van der Waals surface area (Å²) in [7, 11) is 0. The molecule has 8 rings (SSSR count). The van der Waals surface area contributed by atoms with Crippen LogP contribution >= 0.6 is 0 Å². The second-order valence-corrected chi connectivity index (χ2v) is 29.8. The van der Waals surface area contributed by atoms with Crippen LogP contribution in [0.4, 0.5) is 0 Å². The predicted octanol–water partition coefficient (Wildman–Crippen LogP) is 15.9. The summed E-state index contributed by atoms with van der Waals surface area (Å²) in [6.45, 7) is 4.78. The molecule has 0 N–H and O–H groups in total. The van der Waals surface area contributed by atoms with E-state index in [0.29, 0.717) is 5.92 Å². The Morgan fingerprint density at radius 2 is 0.704 bits per heavy atom. The fraction of sp³-hybridized carbons (Fsp3) is 0.358. The fourth-order valence-corrected chi connectivity index (χ4v) is 26.2. The van der Waals surface area contributed by atoms with Gasteiger partial charge >= 0.3 is 180 Å². The van der Waals surface area contributed by atoms with Crippen LogP contribution in [0.1, 0.15) is 114 Å². The average molecular weight is 816 g/mol. The van der Waals surface area contributed by atoms with Crippen LogP contribution in [-0.2, 0) is 0 Å². The first-order valence-electron chi connectivity index (χ1n) is 21.7. The molecule has 1 aliphatic rings. The van der Waals surface area contributed by atoms with Crippen LogP contribution in [0.5, 0.6) is 0 Å². The van der Waals surface area contributed by atoms with Crippen LogP contribution in [0.3, 0.4) is 0 Å². The van der Waals surface area contributed by atoms with Gasteiger partial charge in [0.25, 0.3) is 0 Å². The molecule has 0 saturated carbocycles. The zero-order chi connectivity index (χ0) is 36.7. The van der Waals surface area contributed by atoms with E-state index in [0.717, 1.165) is 0 Å². The Balaban J connectivity index is 0.968. The van der Waals surface area contributed by atoms with Crippen molar-refractivity contribution in [1.29, 1.82) is 0 Å². The first-order valence-corrected chi connectivity index (χ1v) is 29.2. The zero-order valence-electron chi connectivity index (χ0n) is 33.0. The van der Waals surface area contributed by atoms with Crippen molar-refractivity contribution in [2.45, 2.75) is 117 Å². The molecule has 0 radical (unpaired) electrons. The Hall–Kier alpha value is -3.62. The van der Waals surface area contributed by atoms with Gasteiger partial charge in [0.2, 0.25) is 0 Å². The number of unbranched alkanes of at least 4 members (excludes halogenated alkanes) is 9. The Kier molecular flexibility index (Phi) is 12.1. The molecular weight excluding hydrogens is 755 g/mol. The number of rotatable bonds is 18. The third kappa shape index (κ3) is 7.25. The molecule has 7 aromatic carbocycles. The summed E-state index contributed by atoms with van der Waals surface area (Å²) in [4.78, 5) is 0. The molecule has 54 heavy (non-hydrogen) atoms. The quantitative estimate of drug-likeness (QED) is 0.0460. The van der Waals surface area contributed by atoms with Crippen molar-refractivity contribution in [2.75, 3.05) is 0 Å². The Morgan fingerprint density at radius 3 is 1.17 bits per heavy atom. The second-order valence-electron chi connectivity index (χ2n) is 16.5. The normalized spacial score (nSPS) is 13.0. The van der Waals surface area contributed by atoms with E-state index in [1.54, 1.807) is 24.4 Å². The van der Waals surface area contributed by atoms with Gasteiger partial charge in [-0.25, -0.2) is 0 Å². The van der Waals surface area contributed by atoms with Crippen LogP contribution in [0.25, 0.3) is 54.2 Å². The molecule has 7 aromatic rings. The van der Waals surface area contributed by atoms with E-state index in [2.05, 4.69) is 141 Å². The first-order chi connectivity index (χ1) is 26.8. The van der Waals surface area contributed by atoms with Gasteiger partial charge in [-0.1, -0.05) is 97.1 Å². The molecular formula is C53H60Sn. The molecule has 0 fully saturated rings. The van der Waals surface area contributed by atoms with E-state index in [-0.39, 0.29) is 0 Å². The van der Waals surface area contributed by atoms with Crippen LogP contribution < -0.4 is 3.58 Å². The standard InChI is InChI=1S/C39H37.C6H5.2C4H9.Sn/c1-2-3-4-5-6-7-8-9-26-35-36-31-22-14-10-18-27(31)29-20-12-16-24-33(29)38(36)39-34-25-17-13-21-30(34)28-19-11-15-23-32(28)37(35)39;1-2-4-6-5-3-1;2*1-3-4-2;/h10-25,35H,1-9,26H2;1-5H;2*1,3-4H2,2H3;. The summed E-state index contributed by atoms with van der Waals surface area (Å²) in [5, 5.41) is 11.3. The Bertz CT molecular complexity index is 2200. The Morgan fingerprint density at radius 1 is 0.352 bits per heavy atom. The monoisotopic (exact) mass is 816 g/mol. The molecule has 1 heteroatoms. The van der Waals surface area contributed by atoms with Crippen molar-refractivity contribution >= 4 is 65.0 Å². The third-order valence-electron chi connectivity index (χ3n) is 13.2. The number of hydrogen-bond acceptors (Lipinski definition) is 0. The van der Waals surface area contributed by atoms with Gasteiger partial charge in [-0.05, 0) is 54.2 Å². The SMILES string of the molecule is CCC[CH2][Sn]([CH2]CCC)([CH2]CCCCCCCCCC1c2c(c3ccccc3c3ccccc23)-c2c1c1ccccc1c1ccccc21)[c]1ccccc1. The van der Waals surface area contributed by atoms with Crippen molar-refractivity contribution in [3.8, 4) is 11.1 Å². The van der Waals surface area contributed by atoms with Crippen LogP contribution in [0.2, 0.25) is 13.3 Å². The van der Waals surface area contributed by atoms with Crippen LogP contribution in [0.15, 0.2) is 127 Å². The summed E-state index contributed by atoms with van der Waals surface area (Å²) in [5.41, 5.74) is 6.15. The van der Waals surface area contributed by atoms with Gasteiger partial charge in [-0.3, -0.25) is 0 Å². The molecule has 0 heterocycles. The third-order valence-corrected chi connectivity index (χ3v) is 28.9. The molecule has 0 aromatic heterocycles. The molecule has 0 unspecified atom stereocenters. The van der Waals surface area contributed by atoms with Gasteiger partial charge in [-0.2, -0.15) is 0 Å². The minimum absolute atomic E-state index is 0.413. The fourth-order valence-electron chi connectivity index (χ4n) is 10.5. The zero-order valence-corrected chi connectivity index (χ0v) is 35.9. The van der Waals surface area contributed by atoms with E-state index >= 15 is 0 Å². The molecule has 276 valence electrons. The first kappa shape index (κ1) is 37.3. The van der Waals surface area contributed by atoms with Crippen LogP contribution in [0, 0.1) is 0 Å². The summed E-state index contributed by atoms with van der Waals surface area (Å²) in [5.74, 6) is 0.413. The molecule has 0 bridgehead atoms. The van der Waals surface area contributed by atoms with Crippen molar-refractivity contribution in [1.82, 2.24) is 0 Å². The van der Waals surface area contributed by atoms with Gasteiger partial charge in [0, 0.05) is 0 Å². The molecule has 0 saturated heterocycles. The molecule has 0 spiro atoms. The topological polar surface area (TPSA) is 0 Å². The maximum atomic E-state index is 2.51. The van der Waals surface area contributed by atoms with Crippen LogP contribution in [-0.4, -0.2) is 18.4 Å². The molecule has 0 amide bonds. The summed E-state index contributed by atoms with van der Waals surface area (Å²) in [6.07, 6.45) is 17.9. The minimum atomic E-state index is -2.35. The molecule has 0 nitrogen and oxygen atoms in total. The number of fused-ring (bicyclic) bond motifs is 13. The average Bonchev–Trinajstić information content (AvgIpc) is 3.58. The van der Waals surface area contributed by atoms with E-state index in [9.17, 15) is 0 Å². The summed E-state index contributed by atoms with van der Waals surface area (Å²) >= 11 is -2.35.